The van der Waals surface area contributed by atoms with Gasteiger partial charge in [-0.2, -0.15) is 0 Å². The van der Waals surface area contributed by atoms with Crippen molar-refractivity contribution in [3.63, 3.8) is 0 Å². The summed E-state index contributed by atoms with van der Waals surface area (Å²) in [4.78, 5) is 25.6. The summed E-state index contributed by atoms with van der Waals surface area (Å²) in [6.07, 6.45) is 0. The lowest BCUT2D eigenvalue weighted by atomic mass is 10.1. The standard InChI is InChI=1S/C25H19ClN2O5S/c26-17-10-12-18(13-11-17)27-24(29)21-8-4-5-9-22(21)28-25(30)23-15-14-19(33-23)16-34(31,32)20-6-2-1-3-7-20/h1-15H,16H2,(H,27,29)(H,28,30). The second-order valence-electron chi connectivity index (χ2n) is 7.30. The summed E-state index contributed by atoms with van der Waals surface area (Å²) in [6.45, 7) is 0. The van der Waals surface area contributed by atoms with E-state index in [9.17, 15) is 18.0 Å². The highest BCUT2D eigenvalue weighted by atomic mass is 35.5. The largest absolute Gasteiger partial charge is 0.455 e. The molecule has 0 saturated carbocycles. The Labute approximate surface area is 201 Å². The summed E-state index contributed by atoms with van der Waals surface area (Å²) in [5, 5.41) is 5.93. The Morgan fingerprint density at radius 1 is 0.765 bits per heavy atom. The fourth-order valence-corrected chi connectivity index (χ4v) is 4.58. The van der Waals surface area contributed by atoms with Crippen molar-refractivity contribution in [1.29, 1.82) is 0 Å². The highest BCUT2D eigenvalue weighted by Gasteiger charge is 2.20. The van der Waals surface area contributed by atoms with Crippen LogP contribution in [0.1, 0.15) is 26.7 Å². The monoisotopic (exact) mass is 494 g/mol. The third-order valence-electron chi connectivity index (χ3n) is 4.84. The van der Waals surface area contributed by atoms with Gasteiger partial charge in [-0.3, -0.25) is 9.59 Å². The molecule has 0 unspecified atom stereocenters. The minimum absolute atomic E-state index is 0.0776. The minimum Gasteiger partial charge on any atom is -0.455 e. The van der Waals surface area contributed by atoms with Gasteiger partial charge in [0.1, 0.15) is 11.5 Å². The zero-order valence-corrected chi connectivity index (χ0v) is 19.3. The van der Waals surface area contributed by atoms with E-state index in [1.54, 1.807) is 66.7 Å². The van der Waals surface area contributed by atoms with E-state index >= 15 is 0 Å². The van der Waals surface area contributed by atoms with Crippen LogP contribution in [0.4, 0.5) is 11.4 Å². The molecule has 172 valence electrons. The molecule has 1 heterocycles. The zero-order valence-electron chi connectivity index (χ0n) is 17.7. The highest BCUT2D eigenvalue weighted by Crippen LogP contribution is 2.22. The van der Waals surface area contributed by atoms with Gasteiger partial charge in [-0.1, -0.05) is 41.9 Å². The number of para-hydroxylation sites is 1. The van der Waals surface area contributed by atoms with Crippen LogP contribution in [-0.2, 0) is 15.6 Å². The van der Waals surface area contributed by atoms with Crippen LogP contribution in [0.3, 0.4) is 0 Å². The summed E-state index contributed by atoms with van der Waals surface area (Å²) in [6, 6.07) is 23.9. The van der Waals surface area contributed by atoms with E-state index in [4.69, 9.17) is 16.0 Å². The molecule has 1 aromatic heterocycles. The van der Waals surface area contributed by atoms with Crippen LogP contribution in [0.15, 0.2) is 100 Å². The van der Waals surface area contributed by atoms with Crippen molar-refractivity contribution >= 4 is 44.6 Å². The lowest BCUT2D eigenvalue weighted by molar-refractivity contribution is 0.0995. The fraction of sp³-hybridized carbons (Fsp3) is 0.0400. The Bertz CT molecular complexity index is 1430. The molecule has 2 amide bonds. The maximum absolute atomic E-state index is 12.7. The van der Waals surface area contributed by atoms with Crippen molar-refractivity contribution in [2.75, 3.05) is 10.6 Å². The van der Waals surface area contributed by atoms with Crippen molar-refractivity contribution in [1.82, 2.24) is 0 Å². The SMILES string of the molecule is O=C(Nc1ccccc1C(=O)Nc1ccc(Cl)cc1)c1ccc(CS(=O)(=O)c2ccccc2)o1. The van der Waals surface area contributed by atoms with Crippen molar-refractivity contribution in [3.05, 3.63) is 113 Å². The topological polar surface area (TPSA) is 105 Å². The molecule has 0 atom stereocenters. The van der Waals surface area contributed by atoms with Gasteiger partial charge in [0.25, 0.3) is 11.8 Å². The van der Waals surface area contributed by atoms with Gasteiger partial charge in [-0.15, -0.1) is 0 Å². The van der Waals surface area contributed by atoms with Crippen LogP contribution in [-0.4, -0.2) is 20.2 Å². The first-order chi connectivity index (χ1) is 16.3. The Kier molecular flexibility index (Phi) is 6.81. The first-order valence-corrected chi connectivity index (χ1v) is 12.2. The van der Waals surface area contributed by atoms with Crippen LogP contribution in [0.5, 0.6) is 0 Å². The average Bonchev–Trinajstić information content (AvgIpc) is 3.29. The third kappa shape index (κ3) is 5.54. The Morgan fingerprint density at radius 3 is 2.18 bits per heavy atom. The summed E-state index contributed by atoms with van der Waals surface area (Å²) >= 11 is 5.87. The number of anilines is 2. The molecule has 9 heteroatoms. The lowest BCUT2D eigenvalue weighted by Gasteiger charge is -2.11. The van der Waals surface area contributed by atoms with E-state index in [2.05, 4.69) is 10.6 Å². The quantitative estimate of drug-likeness (QED) is 0.357. The van der Waals surface area contributed by atoms with E-state index in [0.717, 1.165) is 0 Å². The van der Waals surface area contributed by atoms with E-state index < -0.39 is 21.7 Å². The van der Waals surface area contributed by atoms with Gasteiger partial charge in [-0.25, -0.2) is 8.42 Å². The van der Waals surface area contributed by atoms with Crippen LogP contribution in [0.2, 0.25) is 5.02 Å². The van der Waals surface area contributed by atoms with Gasteiger partial charge in [-0.05, 0) is 60.7 Å². The molecule has 0 aliphatic rings. The van der Waals surface area contributed by atoms with E-state index in [1.807, 2.05) is 0 Å². The summed E-state index contributed by atoms with van der Waals surface area (Å²) in [5.74, 6) is -1.37. The van der Waals surface area contributed by atoms with Gasteiger partial charge < -0.3 is 15.1 Å². The van der Waals surface area contributed by atoms with Gasteiger partial charge in [0.2, 0.25) is 0 Å². The molecule has 0 fully saturated rings. The van der Waals surface area contributed by atoms with Gasteiger partial charge in [0, 0.05) is 10.7 Å². The number of hydrogen-bond acceptors (Lipinski definition) is 5. The van der Waals surface area contributed by atoms with Crippen molar-refractivity contribution in [2.24, 2.45) is 0 Å². The van der Waals surface area contributed by atoms with Crippen LogP contribution >= 0.6 is 11.6 Å². The Hall–Kier alpha value is -3.88. The molecule has 34 heavy (non-hydrogen) atoms. The normalized spacial score (nSPS) is 11.1. The molecule has 0 bridgehead atoms. The number of hydrogen-bond donors (Lipinski definition) is 2. The number of halogens is 1. The van der Waals surface area contributed by atoms with Crippen LogP contribution in [0, 0.1) is 0 Å². The number of rotatable bonds is 7. The van der Waals surface area contributed by atoms with Crippen molar-refractivity contribution in [3.8, 4) is 0 Å². The molecule has 0 spiro atoms. The second-order valence-corrected chi connectivity index (χ2v) is 9.72. The van der Waals surface area contributed by atoms with Crippen molar-refractivity contribution < 1.29 is 22.4 Å². The summed E-state index contributed by atoms with van der Waals surface area (Å²) in [5.41, 5.74) is 1.06. The molecule has 0 aliphatic heterocycles. The maximum atomic E-state index is 12.7. The Balaban J connectivity index is 1.47. The maximum Gasteiger partial charge on any atom is 0.291 e. The molecule has 3 aromatic carbocycles. The van der Waals surface area contributed by atoms with Crippen molar-refractivity contribution in [2.45, 2.75) is 10.6 Å². The Morgan fingerprint density at radius 2 is 1.44 bits per heavy atom. The first-order valence-electron chi connectivity index (χ1n) is 10.2. The molecular formula is C25H19ClN2O5S. The smallest absolute Gasteiger partial charge is 0.291 e. The predicted molar refractivity (Wildman–Crippen MR) is 130 cm³/mol. The number of carbonyl (C=O) groups is 2. The molecular weight excluding hydrogens is 476 g/mol. The number of carbonyl (C=O) groups excluding carboxylic acids is 2. The van der Waals surface area contributed by atoms with Crippen LogP contribution in [0.25, 0.3) is 0 Å². The average molecular weight is 495 g/mol. The third-order valence-corrected chi connectivity index (χ3v) is 6.75. The molecule has 2 N–H and O–H groups in total. The van der Waals surface area contributed by atoms with Gasteiger partial charge in [0.05, 0.1) is 16.1 Å². The number of sulfone groups is 1. The van der Waals surface area contributed by atoms with E-state index in [-0.39, 0.29) is 33.4 Å². The molecule has 0 radical (unpaired) electrons. The molecule has 7 nitrogen and oxygen atoms in total. The summed E-state index contributed by atoms with van der Waals surface area (Å²) < 4.78 is 30.6. The van der Waals surface area contributed by atoms with E-state index in [0.29, 0.717) is 10.7 Å². The number of furan rings is 1. The van der Waals surface area contributed by atoms with Gasteiger partial charge >= 0.3 is 0 Å². The number of amides is 2. The van der Waals surface area contributed by atoms with Gasteiger partial charge in [0.15, 0.2) is 15.6 Å². The highest BCUT2D eigenvalue weighted by molar-refractivity contribution is 7.90. The first kappa shape index (κ1) is 23.3. The molecule has 0 saturated heterocycles. The van der Waals surface area contributed by atoms with E-state index in [1.165, 1.54) is 24.3 Å². The molecule has 0 aliphatic carbocycles. The molecule has 4 rings (SSSR count). The second kappa shape index (κ2) is 9.94. The predicted octanol–water partition coefficient (Wildman–Crippen LogP) is 5.41. The fourth-order valence-electron chi connectivity index (χ4n) is 3.18. The number of benzene rings is 3. The number of nitrogens with one attached hydrogen (secondary N) is 2. The van der Waals surface area contributed by atoms with Crippen LogP contribution < -0.4 is 10.6 Å². The summed E-state index contributed by atoms with van der Waals surface area (Å²) in [7, 11) is -3.62. The molecule has 4 aromatic rings. The zero-order chi connectivity index (χ0) is 24.1. The minimum atomic E-state index is -3.62. The lowest BCUT2D eigenvalue weighted by Crippen LogP contribution is -2.18.